The molecular formula is C13H19N3O5. The summed E-state index contributed by atoms with van der Waals surface area (Å²) in [6.07, 6.45) is 0.484. The fourth-order valence-electron chi connectivity index (χ4n) is 1.18. The summed E-state index contributed by atoms with van der Waals surface area (Å²) >= 11 is 0. The van der Waals surface area contributed by atoms with Crippen molar-refractivity contribution in [2.45, 2.75) is 25.6 Å². The standard InChI is InChI=1S/C11H17N3O.C2H2O4/c12-10(13)6-7-11(15)14-8-9-4-2-1-3-5-9;3-1(4)2(5)6/h1-5,10H,6-8,12-13H2,(H,14,15);(H,3,4)(H,5,6). The molecule has 0 aliphatic heterocycles. The van der Waals surface area contributed by atoms with Gasteiger partial charge < -0.3 is 27.0 Å². The van der Waals surface area contributed by atoms with E-state index >= 15 is 0 Å². The minimum absolute atomic E-state index is 0.0141. The van der Waals surface area contributed by atoms with Crippen molar-refractivity contribution in [2.24, 2.45) is 11.5 Å². The van der Waals surface area contributed by atoms with E-state index in [2.05, 4.69) is 5.32 Å². The van der Waals surface area contributed by atoms with Crippen molar-refractivity contribution in [1.29, 1.82) is 0 Å². The molecule has 8 nitrogen and oxygen atoms in total. The number of nitrogens with two attached hydrogens (primary N) is 2. The Hall–Kier alpha value is -2.45. The highest BCUT2D eigenvalue weighted by Gasteiger charge is 2.04. The van der Waals surface area contributed by atoms with E-state index in [1.807, 2.05) is 30.3 Å². The number of carbonyl (C=O) groups excluding carboxylic acids is 1. The summed E-state index contributed by atoms with van der Waals surface area (Å²) in [7, 11) is 0. The van der Waals surface area contributed by atoms with Crippen LogP contribution >= 0.6 is 0 Å². The van der Waals surface area contributed by atoms with Crippen molar-refractivity contribution in [2.75, 3.05) is 0 Å². The van der Waals surface area contributed by atoms with E-state index in [1.54, 1.807) is 0 Å². The number of carboxylic acid groups (broad SMARTS) is 2. The topological polar surface area (TPSA) is 156 Å². The number of aliphatic carboxylic acids is 2. The molecule has 1 aromatic carbocycles. The molecule has 0 aliphatic carbocycles. The van der Waals surface area contributed by atoms with E-state index in [0.29, 0.717) is 19.4 Å². The quantitative estimate of drug-likeness (QED) is 0.361. The van der Waals surface area contributed by atoms with Crippen LogP contribution in [0.25, 0.3) is 0 Å². The van der Waals surface area contributed by atoms with Crippen molar-refractivity contribution in [1.82, 2.24) is 5.32 Å². The second kappa shape index (κ2) is 10.4. The van der Waals surface area contributed by atoms with Gasteiger partial charge in [0.25, 0.3) is 0 Å². The molecule has 0 atom stereocenters. The summed E-state index contributed by atoms with van der Waals surface area (Å²) in [4.78, 5) is 29.5. The Morgan fingerprint density at radius 3 is 2.00 bits per heavy atom. The first-order valence-electron chi connectivity index (χ1n) is 6.11. The summed E-state index contributed by atoms with van der Waals surface area (Å²) in [6.45, 7) is 0.555. The van der Waals surface area contributed by atoms with Crippen LogP contribution < -0.4 is 16.8 Å². The van der Waals surface area contributed by atoms with Crippen molar-refractivity contribution in [3.8, 4) is 0 Å². The van der Waals surface area contributed by atoms with Gasteiger partial charge in [-0.15, -0.1) is 0 Å². The molecule has 0 saturated carbocycles. The van der Waals surface area contributed by atoms with Crippen LogP contribution in [0.4, 0.5) is 0 Å². The van der Waals surface area contributed by atoms with Gasteiger partial charge in [0.1, 0.15) is 0 Å². The highest BCUT2D eigenvalue weighted by atomic mass is 16.4. The van der Waals surface area contributed by atoms with Crippen molar-refractivity contribution in [3.05, 3.63) is 35.9 Å². The molecule has 0 saturated heterocycles. The van der Waals surface area contributed by atoms with Crippen LogP contribution in [0.1, 0.15) is 18.4 Å². The second-order valence-electron chi connectivity index (χ2n) is 4.08. The lowest BCUT2D eigenvalue weighted by Crippen LogP contribution is -2.32. The maximum absolute atomic E-state index is 11.3. The molecule has 0 fully saturated rings. The third kappa shape index (κ3) is 11.1. The predicted molar refractivity (Wildman–Crippen MR) is 75.0 cm³/mol. The molecule has 8 heteroatoms. The summed E-state index contributed by atoms with van der Waals surface area (Å²) in [5.41, 5.74) is 11.8. The second-order valence-corrected chi connectivity index (χ2v) is 4.08. The van der Waals surface area contributed by atoms with Crippen molar-refractivity contribution < 1.29 is 24.6 Å². The van der Waals surface area contributed by atoms with Crippen LogP contribution in [0, 0.1) is 0 Å². The fourth-order valence-corrected chi connectivity index (χ4v) is 1.18. The summed E-state index contributed by atoms with van der Waals surface area (Å²) in [5, 5.41) is 17.6. The van der Waals surface area contributed by atoms with E-state index in [1.165, 1.54) is 0 Å². The monoisotopic (exact) mass is 297 g/mol. The molecule has 0 spiro atoms. The summed E-state index contributed by atoms with van der Waals surface area (Å²) in [6, 6.07) is 9.76. The highest BCUT2D eigenvalue weighted by Crippen LogP contribution is 1.98. The molecule has 0 aliphatic rings. The lowest BCUT2D eigenvalue weighted by molar-refractivity contribution is -0.159. The molecule has 0 heterocycles. The van der Waals surface area contributed by atoms with E-state index < -0.39 is 18.1 Å². The summed E-state index contributed by atoms with van der Waals surface area (Å²) in [5.74, 6) is -3.66. The molecule has 0 bridgehead atoms. The van der Waals surface area contributed by atoms with Gasteiger partial charge in [-0.1, -0.05) is 30.3 Å². The Kier molecular flexibility index (Phi) is 9.14. The normalized spacial score (nSPS) is 9.48. The van der Waals surface area contributed by atoms with E-state index in [9.17, 15) is 4.79 Å². The fraction of sp³-hybridized carbons (Fsp3) is 0.308. The van der Waals surface area contributed by atoms with Gasteiger partial charge in [-0.3, -0.25) is 4.79 Å². The van der Waals surface area contributed by atoms with E-state index in [0.717, 1.165) is 5.56 Å². The molecule has 0 aromatic heterocycles. The number of hydrogen-bond acceptors (Lipinski definition) is 5. The molecule has 116 valence electrons. The van der Waals surface area contributed by atoms with E-state index in [4.69, 9.17) is 31.3 Å². The number of carbonyl (C=O) groups is 3. The van der Waals surface area contributed by atoms with E-state index in [-0.39, 0.29) is 5.91 Å². The first-order chi connectivity index (χ1) is 9.82. The number of rotatable bonds is 5. The lowest BCUT2D eigenvalue weighted by Gasteiger charge is -2.06. The van der Waals surface area contributed by atoms with Gasteiger partial charge in [0.2, 0.25) is 5.91 Å². The SMILES string of the molecule is NC(N)CCC(=O)NCc1ccccc1.O=C(O)C(=O)O. The van der Waals surface area contributed by atoms with Crippen LogP contribution in [-0.4, -0.2) is 34.2 Å². The zero-order chi connectivity index (χ0) is 16.3. The number of nitrogens with one attached hydrogen (secondary N) is 1. The minimum atomic E-state index is -1.82. The van der Waals surface area contributed by atoms with Crippen LogP contribution in [0.2, 0.25) is 0 Å². The molecule has 1 amide bonds. The van der Waals surface area contributed by atoms with Gasteiger partial charge in [-0.2, -0.15) is 0 Å². The molecule has 0 unspecified atom stereocenters. The van der Waals surface area contributed by atoms with Gasteiger partial charge >= 0.3 is 11.9 Å². The van der Waals surface area contributed by atoms with Crippen LogP contribution in [0.3, 0.4) is 0 Å². The summed E-state index contributed by atoms with van der Waals surface area (Å²) < 4.78 is 0. The molecule has 1 aromatic rings. The first kappa shape index (κ1) is 18.6. The maximum Gasteiger partial charge on any atom is 0.414 e. The van der Waals surface area contributed by atoms with Gasteiger partial charge in [0, 0.05) is 13.0 Å². The Morgan fingerprint density at radius 2 is 1.57 bits per heavy atom. The molecule has 7 N–H and O–H groups in total. The smallest absolute Gasteiger partial charge is 0.414 e. The number of benzene rings is 1. The Labute approximate surface area is 121 Å². The molecule has 1 rings (SSSR count). The minimum Gasteiger partial charge on any atom is -0.473 e. The van der Waals surface area contributed by atoms with Gasteiger partial charge in [-0.25, -0.2) is 9.59 Å². The molecule has 21 heavy (non-hydrogen) atoms. The zero-order valence-electron chi connectivity index (χ0n) is 11.4. The van der Waals surface area contributed by atoms with Crippen molar-refractivity contribution >= 4 is 17.8 Å². The van der Waals surface area contributed by atoms with Crippen LogP contribution in [0.15, 0.2) is 30.3 Å². The molecular weight excluding hydrogens is 278 g/mol. The Morgan fingerprint density at radius 1 is 1.05 bits per heavy atom. The van der Waals surface area contributed by atoms with Crippen LogP contribution in [-0.2, 0) is 20.9 Å². The number of hydrogen-bond donors (Lipinski definition) is 5. The molecule has 0 radical (unpaired) electrons. The van der Waals surface area contributed by atoms with Crippen molar-refractivity contribution in [3.63, 3.8) is 0 Å². The average Bonchev–Trinajstić information content (AvgIpc) is 2.44. The predicted octanol–water partition coefficient (Wildman–Crippen LogP) is -0.518. The zero-order valence-corrected chi connectivity index (χ0v) is 11.4. The number of amides is 1. The maximum atomic E-state index is 11.3. The van der Waals surface area contributed by atoms with Gasteiger partial charge in [-0.05, 0) is 12.0 Å². The van der Waals surface area contributed by atoms with Gasteiger partial charge in [0.15, 0.2) is 0 Å². The average molecular weight is 297 g/mol. The number of carboxylic acids is 2. The highest BCUT2D eigenvalue weighted by molar-refractivity contribution is 6.27. The first-order valence-corrected chi connectivity index (χ1v) is 6.11. The third-order valence-electron chi connectivity index (χ3n) is 2.22. The van der Waals surface area contributed by atoms with Crippen LogP contribution in [0.5, 0.6) is 0 Å². The Balaban J connectivity index is 0.000000567. The lowest BCUT2D eigenvalue weighted by atomic mass is 10.2. The Bertz CT molecular complexity index is 450. The largest absolute Gasteiger partial charge is 0.473 e. The van der Waals surface area contributed by atoms with Gasteiger partial charge in [0.05, 0.1) is 6.17 Å². The third-order valence-corrected chi connectivity index (χ3v) is 2.22.